The van der Waals surface area contributed by atoms with Gasteiger partial charge >= 0.3 is 0 Å². The van der Waals surface area contributed by atoms with Crippen molar-refractivity contribution in [2.45, 2.75) is 25.9 Å². The lowest BCUT2D eigenvalue weighted by Crippen LogP contribution is -2.34. The summed E-state index contributed by atoms with van der Waals surface area (Å²) in [6.45, 7) is 3.91. The predicted octanol–water partition coefficient (Wildman–Crippen LogP) is -0.361. The van der Waals surface area contributed by atoms with Gasteiger partial charge in [0.15, 0.2) is 0 Å². The lowest BCUT2D eigenvalue weighted by Gasteiger charge is -2.15. The zero-order valence-electron chi connectivity index (χ0n) is 7.85. The molecular formula is C8H16N4O. The summed E-state index contributed by atoms with van der Waals surface area (Å²) in [7, 11) is 0. The first-order chi connectivity index (χ1) is 6.36. The summed E-state index contributed by atoms with van der Waals surface area (Å²) in [5.41, 5.74) is 0. The molecule has 2 N–H and O–H groups in total. The van der Waals surface area contributed by atoms with Crippen LogP contribution in [0, 0.1) is 0 Å². The van der Waals surface area contributed by atoms with E-state index in [4.69, 9.17) is 5.11 Å². The van der Waals surface area contributed by atoms with E-state index < -0.39 is 0 Å². The molecule has 1 rings (SSSR count). The van der Waals surface area contributed by atoms with Gasteiger partial charge < -0.3 is 10.4 Å². The monoisotopic (exact) mass is 184 g/mol. The second kappa shape index (κ2) is 5.66. The molecule has 1 aromatic rings. The fourth-order valence-corrected chi connectivity index (χ4v) is 1.26. The molecule has 0 bridgehead atoms. The second-order valence-corrected chi connectivity index (χ2v) is 2.88. The Labute approximate surface area is 77.8 Å². The Morgan fingerprint density at radius 3 is 3.00 bits per heavy atom. The van der Waals surface area contributed by atoms with Gasteiger partial charge in [0.2, 0.25) is 0 Å². The Bertz CT molecular complexity index is 206. The average Bonchev–Trinajstić information content (AvgIpc) is 2.58. The molecule has 0 spiro atoms. The van der Waals surface area contributed by atoms with E-state index in [1.54, 1.807) is 11.0 Å². The van der Waals surface area contributed by atoms with Gasteiger partial charge in [0.1, 0.15) is 12.7 Å². The molecule has 13 heavy (non-hydrogen) atoms. The van der Waals surface area contributed by atoms with Crippen LogP contribution in [0.4, 0.5) is 0 Å². The molecule has 1 unspecified atom stereocenters. The van der Waals surface area contributed by atoms with Crippen LogP contribution in [0.3, 0.4) is 0 Å². The van der Waals surface area contributed by atoms with Gasteiger partial charge in [-0.15, -0.1) is 0 Å². The lowest BCUT2D eigenvalue weighted by molar-refractivity contribution is 0.255. The first-order valence-electron chi connectivity index (χ1n) is 4.53. The van der Waals surface area contributed by atoms with Crippen molar-refractivity contribution in [2.75, 3.05) is 13.2 Å². The molecule has 0 fully saturated rings. The zero-order chi connectivity index (χ0) is 9.52. The van der Waals surface area contributed by atoms with Crippen LogP contribution < -0.4 is 5.32 Å². The van der Waals surface area contributed by atoms with Crippen LogP contribution in [0.25, 0.3) is 0 Å². The Kier molecular flexibility index (Phi) is 4.42. The Balaban J connectivity index is 2.37. The van der Waals surface area contributed by atoms with Crippen molar-refractivity contribution in [1.29, 1.82) is 0 Å². The molecule has 0 amide bonds. The van der Waals surface area contributed by atoms with Crippen molar-refractivity contribution in [3.8, 4) is 0 Å². The summed E-state index contributed by atoms with van der Waals surface area (Å²) in [5, 5.41) is 16.1. The van der Waals surface area contributed by atoms with E-state index >= 15 is 0 Å². The number of hydrogen-bond acceptors (Lipinski definition) is 4. The Morgan fingerprint density at radius 2 is 2.46 bits per heavy atom. The van der Waals surface area contributed by atoms with Crippen LogP contribution in [0.5, 0.6) is 0 Å². The van der Waals surface area contributed by atoms with E-state index in [0.29, 0.717) is 0 Å². The second-order valence-electron chi connectivity index (χ2n) is 2.88. The summed E-state index contributed by atoms with van der Waals surface area (Å²) < 4.78 is 1.77. The maximum Gasteiger partial charge on any atom is 0.137 e. The third-order valence-electron chi connectivity index (χ3n) is 1.84. The number of aliphatic hydroxyl groups excluding tert-OH is 1. The minimum absolute atomic E-state index is 0.201. The highest BCUT2D eigenvalue weighted by molar-refractivity contribution is 4.67. The van der Waals surface area contributed by atoms with Gasteiger partial charge in [-0.3, -0.25) is 4.68 Å². The van der Waals surface area contributed by atoms with Crippen LogP contribution in [-0.4, -0.2) is 39.1 Å². The van der Waals surface area contributed by atoms with Gasteiger partial charge in [0.25, 0.3) is 0 Å². The van der Waals surface area contributed by atoms with Crippen molar-refractivity contribution in [3.05, 3.63) is 12.7 Å². The van der Waals surface area contributed by atoms with Crippen molar-refractivity contribution < 1.29 is 5.11 Å². The Hall–Kier alpha value is -0.940. The molecule has 0 radical (unpaired) electrons. The maximum absolute atomic E-state index is 8.81. The molecule has 0 aromatic carbocycles. The van der Waals surface area contributed by atoms with E-state index in [0.717, 1.165) is 19.5 Å². The smallest absolute Gasteiger partial charge is 0.137 e. The largest absolute Gasteiger partial charge is 0.396 e. The number of nitrogens with zero attached hydrogens (tertiary/aromatic N) is 3. The van der Waals surface area contributed by atoms with Gasteiger partial charge in [0.05, 0.1) is 6.54 Å². The number of hydrogen-bond donors (Lipinski definition) is 2. The SMILES string of the molecule is CCNC(CCO)Cn1cncn1. The highest BCUT2D eigenvalue weighted by atomic mass is 16.3. The van der Waals surface area contributed by atoms with Gasteiger partial charge in [0, 0.05) is 12.6 Å². The molecule has 5 nitrogen and oxygen atoms in total. The van der Waals surface area contributed by atoms with Crippen LogP contribution >= 0.6 is 0 Å². The molecule has 0 saturated heterocycles. The molecule has 0 aliphatic heterocycles. The molecule has 1 atom stereocenters. The van der Waals surface area contributed by atoms with E-state index in [9.17, 15) is 0 Å². The predicted molar refractivity (Wildman–Crippen MR) is 49.2 cm³/mol. The first kappa shape index (κ1) is 10.1. The van der Waals surface area contributed by atoms with E-state index in [2.05, 4.69) is 15.4 Å². The summed E-state index contributed by atoms with van der Waals surface area (Å²) in [6.07, 6.45) is 3.94. The fourth-order valence-electron chi connectivity index (χ4n) is 1.26. The number of aliphatic hydroxyl groups is 1. The minimum Gasteiger partial charge on any atom is -0.396 e. The Morgan fingerprint density at radius 1 is 1.62 bits per heavy atom. The fraction of sp³-hybridized carbons (Fsp3) is 0.750. The average molecular weight is 184 g/mol. The van der Waals surface area contributed by atoms with Crippen molar-refractivity contribution in [3.63, 3.8) is 0 Å². The van der Waals surface area contributed by atoms with E-state index in [1.165, 1.54) is 6.33 Å². The summed E-state index contributed by atoms with van der Waals surface area (Å²) in [4.78, 5) is 3.86. The number of nitrogens with one attached hydrogen (secondary N) is 1. The quantitative estimate of drug-likeness (QED) is 0.633. The summed E-state index contributed by atoms with van der Waals surface area (Å²) in [5.74, 6) is 0. The van der Waals surface area contributed by atoms with E-state index in [1.807, 2.05) is 6.92 Å². The third-order valence-corrected chi connectivity index (χ3v) is 1.84. The van der Waals surface area contributed by atoms with Crippen molar-refractivity contribution >= 4 is 0 Å². The summed E-state index contributed by atoms with van der Waals surface area (Å²) in [6, 6.07) is 0.275. The highest BCUT2D eigenvalue weighted by Gasteiger charge is 2.06. The molecular weight excluding hydrogens is 168 g/mol. The normalized spacial score (nSPS) is 13.1. The summed E-state index contributed by atoms with van der Waals surface area (Å²) >= 11 is 0. The van der Waals surface area contributed by atoms with Gasteiger partial charge in [-0.25, -0.2) is 4.98 Å². The topological polar surface area (TPSA) is 63.0 Å². The first-order valence-corrected chi connectivity index (χ1v) is 4.53. The van der Waals surface area contributed by atoms with E-state index in [-0.39, 0.29) is 12.6 Å². The van der Waals surface area contributed by atoms with Gasteiger partial charge in [-0.05, 0) is 13.0 Å². The van der Waals surface area contributed by atoms with Gasteiger partial charge in [-0.1, -0.05) is 6.92 Å². The van der Waals surface area contributed by atoms with Crippen molar-refractivity contribution in [2.24, 2.45) is 0 Å². The van der Waals surface area contributed by atoms with Crippen LogP contribution in [0.15, 0.2) is 12.7 Å². The number of aromatic nitrogens is 3. The highest BCUT2D eigenvalue weighted by Crippen LogP contribution is 1.94. The van der Waals surface area contributed by atoms with Crippen LogP contribution in [-0.2, 0) is 6.54 Å². The van der Waals surface area contributed by atoms with Crippen LogP contribution in [0.2, 0.25) is 0 Å². The van der Waals surface area contributed by atoms with Crippen LogP contribution in [0.1, 0.15) is 13.3 Å². The standard InChI is InChI=1S/C8H16N4O/c1-2-10-8(3-4-13)5-12-7-9-6-11-12/h6-8,10,13H,2-5H2,1H3. The molecule has 1 aromatic heterocycles. The number of rotatable bonds is 6. The molecule has 0 aliphatic rings. The third kappa shape index (κ3) is 3.52. The molecule has 5 heteroatoms. The zero-order valence-corrected chi connectivity index (χ0v) is 7.85. The molecule has 1 heterocycles. The van der Waals surface area contributed by atoms with Crippen molar-refractivity contribution in [1.82, 2.24) is 20.1 Å². The van der Waals surface area contributed by atoms with Gasteiger partial charge in [-0.2, -0.15) is 5.10 Å². The lowest BCUT2D eigenvalue weighted by atomic mass is 10.2. The maximum atomic E-state index is 8.81. The minimum atomic E-state index is 0.201. The molecule has 74 valence electrons. The molecule has 0 aliphatic carbocycles. The molecule has 0 saturated carbocycles. The number of likely N-dealkylation sites (N-methyl/N-ethyl adjacent to an activating group) is 1.